The molecule has 0 fully saturated rings. The highest BCUT2D eigenvalue weighted by Crippen LogP contribution is 2.64. The molecule has 25 rings (SSSR count). The molecule has 1 aliphatic carbocycles. The molecule has 0 saturated carbocycles. The molecule has 9 heteroatoms. The minimum Gasteiger partial charge on any atom is -0.311 e. The van der Waals surface area contributed by atoms with Crippen LogP contribution in [0.5, 0.6) is 0 Å². The maximum absolute atomic E-state index is 5.16. The van der Waals surface area contributed by atoms with Crippen LogP contribution in [0.3, 0.4) is 0 Å². The Morgan fingerprint density at radius 3 is 0.894 bits per heavy atom. The van der Waals surface area contributed by atoms with Crippen molar-refractivity contribution < 1.29 is 0 Å². The molecule has 0 atom stereocenters. The fourth-order valence-electron chi connectivity index (χ4n) is 21.9. The fraction of sp³-hybridized carbons (Fsp3) is 0.0175. The minimum atomic E-state index is -2.75. The molecular formula is C114H78N6SSi2. The number of benzene rings is 17. The number of anilines is 12. The topological polar surface area (TPSA) is 38.7 Å². The van der Waals surface area contributed by atoms with Gasteiger partial charge in [0.15, 0.2) is 16.1 Å². The van der Waals surface area contributed by atoms with Crippen molar-refractivity contribution in [3.05, 3.63) is 518 Å². The second-order valence-electron chi connectivity index (χ2n) is 32.5. The molecule has 3 aromatic heterocycles. The Kier molecular flexibility index (Phi) is 16.9. The van der Waals surface area contributed by atoms with Gasteiger partial charge in [-0.2, -0.15) is 0 Å². The maximum atomic E-state index is 5.16. The van der Waals surface area contributed by atoms with Gasteiger partial charge in [-0.3, -0.25) is 9.97 Å². The quantitative estimate of drug-likeness (QED) is 0.127. The van der Waals surface area contributed by atoms with E-state index in [1.54, 1.807) is 0 Å². The molecule has 0 unspecified atom stereocenters. The Morgan fingerprint density at radius 2 is 0.512 bits per heavy atom. The molecule has 4 aliphatic heterocycles. The van der Waals surface area contributed by atoms with Gasteiger partial charge < -0.3 is 19.6 Å². The van der Waals surface area contributed by atoms with Gasteiger partial charge in [0.25, 0.3) is 0 Å². The average Bonchev–Trinajstić information content (AvgIpc) is 0.845. The van der Waals surface area contributed by atoms with Crippen molar-refractivity contribution in [2.45, 2.75) is 10.8 Å². The van der Waals surface area contributed by atoms with E-state index in [2.05, 4.69) is 469 Å². The minimum absolute atomic E-state index is 0.583. The highest BCUT2D eigenvalue weighted by Gasteiger charge is 2.56. The molecule has 123 heavy (non-hydrogen) atoms. The van der Waals surface area contributed by atoms with Gasteiger partial charge in [0.1, 0.15) is 5.41 Å². The SMILES string of the molecule is c1ccc(C2(c3ccc4c(c3)sc3ccccc34)c3ccccc3N(c3cccc(N4c5ccccc5[Si](c5ccccc5)(c5ccccc5)c5ccccc54)c3)c3ccccc32)cc1.c1ccc([Si]2(c3ccccc3)c3ccccc3N(c3cccc(N4c5ccccc5C5(c6ccccc64)c4ncccc4-c4cccnc45)c3)c3ccccc32)cc1. The second kappa shape index (κ2) is 28.8. The first kappa shape index (κ1) is 72.0. The summed E-state index contributed by atoms with van der Waals surface area (Å²) in [6, 6.07) is 171. The summed E-state index contributed by atoms with van der Waals surface area (Å²) in [6.45, 7) is 0. The van der Waals surface area contributed by atoms with Crippen molar-refractivity contribution in [1.82, 2.24) is 9.97 Å². The lowest BCUT2D eigenvalue weighted by Crippen LogP contribution is -2.77. The first-order chi connectivity index (χ1) is 61.1. The first-order valence-electron chi connectivity index (χ1n) is 42.3. The summed E-state index contributed by atoms with van der Waals surface area (Å²) < 4.78 is 2.62. The van der Waals surface area contributed by atoms with Crippen LogP contribution in [0.4, 0.5) is 68.2 Å². The number of thiophene rings is 1. The summed E-state index contributed by atoms with van der Waals surface area (Å²) in [6.07, 6.45) is 3.85. The smallest absolute Gasteiger partial charge is 0.184 e. The van der Waals surface area contributed by atoms with Crippen LogP contribution in [0, 0.1) is 0 Å². The molecule has 1 spiro atoms. The van der Waals surface area contributed by atoms with Gasteiger partial charge in [0.05, 0.1) is 39.6 Å². The third kappa shape index (κ3) is 10.5. The zero-order valence-electron chi connectivity index (χ0n) is 67.1. The summed E-state index contributed by atoms with van der Waals surface area (Å²) >= 11 is 1.88. The fourth-order valence-corrected chi connectivity index (χ4v) is 33.2. The van der Waals surface area contributed by atoms with Crippen LogP contribution in [0.1, 0.15) is 44.8 Å². The molecular weight excluding hydrogens is 1540 g/mol. The van der Waals surface area contributed by atoms with Crippen molar-refractivity contribution >= 4 is 157 Å². The average molecular weight is 1620 g/mol. The van der Waals surface area contributed by atoms with Gasteiger partial charge in [-0.15, -0.1) is 11.3 Å². The summed E-state index contributed by atoms with van der Waals surface area (Å²) in [5, 5.41) is 13.7. The van der Waals surface area contributed by atoms with Crippen LogP contribution >= 0.6 is 11.3 Å². The lowest BCUT2D eigenvalue weighted by molar-refractivity contribution is 0.701. The number of hydrogen-bond donors (Lipinski definition) is 0. The summed E-state index contributed by atoms with van der Waals surface area (Å²) in [5.74, 6) is 0. The van der Waals surface area contributed by atoms with E-state index in [1.165, 1.54) is 129 Å². The Hall–Kier alpha value is -15.1. The number of hydrogen-bond acceptors (Lipinski definition) is 7. The van der Waals surface area contributed by atoms with E-state index in [1.807, 2.05) is 35.9 Å². The van der Waals surface area contributed by atoms with Crippen LogP contribution in [-0.4, -0.2) is 26.1 Å². The van der Waals surface area contributed by atoms with E-state index in [0.29, 0.717) is 0 Å². The molecule has 0 N–H and O–H groups in total. The van der Waals surface area contributed by atoms with E-state index >= 15 is 0 Å². The predicted molar refractivity (Wildman–Crippen MR) is 517 cm³/mol. The van der Waals surface area contributed by atoms with Gasteiger partial charge in [0.2, 0.25) is 0 Å². The predicted octanol–water partition coefficient (Wildman–Crippen LogP) is 23.2. The molecule has 0 bridgehead atoms. The van der Waals surface area contributed by atoms with Crippen molar-refractivity contribution in [3.63, 3.8) is 0 Å². The number of nitrogens with zero attached hydrogens (tertiary/aromatic N) is 6. The standard InChI is InChI=1S/C61H42N2SSi.C53H36N4Si/c1-4-21-43(22-5-1)61(44-39-40-50-49-29-10-17-36-57(49)64-58(50)41-44)51-30-11-13-32-53(51)62(54-33-14-12-31-52(54)61)45-23-20-24-46(42-45)63-55-34-15-18-37-59(55)65(47-25-6-2-7-26-47,48-27-8-3-9-28-48)60-38-19-16-35-56(60)63;1-3-20-39(21-4-1)58(40-22-5-2-6-23-40)49-32-13-11-30-47(49)57(48-31-12-14-33-50(48)58)38-19-15-18-37(36-38)56-45-28-9-7-26-43(45)53(44-27-8-10-29-46(44)56)51-41(24-16-34-54-51)42-25-17-35-55-52(42)53/h1-42H;1-36H. The molecule has 17 aromatic carbocycles. The van der Waals surface area contributed by atoms with E-state index in [-0.39, 0.29) is 0 Å². The second-order valence-corrected chi connectivity index (χ2v) is 41.0. The van der Waals surface area contributed by atoms with Gasteiger partial charge in [0, 0.05) is 89.2 Å². The van der Waals surface area contributed by atoms with Crippen LogP contribution in [0.2, 0.25) is 0 Å². The molecule has 6 nitrogen and oxygen atoms in total. The highest BCUT2D eigenvalue weighted by molar-refractivity contribution is 7.26. The van der Waals surface area contributed by atoms with Crippen LogP contribution in [-0.2, 0) is 10.8 Å². The Balaban J connectivity index is 0.000000140. The Bertz CT molecular complexity index is 7090. The molecule has 0 amide bonds. The van der Waals surface area contributed by atoms with E-state index in [0.717, 1.165) is 56.6 Å². The summed E-state index contributed by atoms with van der Waals surface area (Å²) in [4.78, 5) is 20.3. The molecule has 20 aromatic rings. The lowest BCUT2D eigenvalue weighted by Gasteiger charge is -2.47. The highest BCUT2D eigenvalue weighted by atomic mass is 32.1. The van der Waals surface area contributed by atoms with Gasteiger partial charge in [-0.25, -0.2) is 0 Å². The summed E-state index contributed by atoms with van der Waals surface area (Å²) in [7, 11) is -5.48. The number of fused-ring (bicyclic) bond motifs is 18. The van der Waals surface area contributed by atoms with Crippen LogP contribution in [0.25, 0.3) is 31.3 Å². The van der Waals surface area contributed by atoms with E-state index in [9.17, 15) is 0 Å². The number of aromatic nitrogens is 2. The zero-order chi connectivity index (χ0) is 81.2. The zero-order valence-corrected chi connectivity index (χ0v) is 69.9. The first-order valence-corrected chi connectivity index (χ1v) is 47.2. The van der Waals surface area contributed by atoms with E-state index < -0.39 is 27.0 Å². The Morgan fingerprint density at radius 1 is 0.211 bits per heavy atom. The van der Waals surface area contributed by atoms with Crippen LogP contribution < -0.4 is 61.1 Å². The maximum Gasteiger partial charge on any atom is 0.184 e. The van der Waals surface area contributed by atoms with Crippen molar-refractivity contribution in [1.29, 1.82) is 0 Å². The van der Waals surface area contributed by atoms with Crippen LogP contribution in [0.15, 0.2) is 473 Å². The van der Waals surface area contributed by atoms with Gasteiger partial charge >= 0.3 is 0 Å². The lowest BCUT2D eigenvalue weighted by atomic mass is 9.62. The van der Waals surface area contributed by atoms with Crippen molar-refractivity contribution in [2.24, 2.45) is 0 Å². The normalized spacial score (nSPS) is 14.5. The molecule has 7 heterocycles. The molecule has 578 valence electrons. The summed E-state index contributed by atoms with van der Waals surface area (Å²) in [5.41, 5.74) is 24.3. The van der Waals surface area contributed by atoms with Crippen molar-refractivity contribution in [2.75, 3.05) is 19.6 Å². The molecule has 0 saturated heterocycles. The largest absolute Gasteiger partial charge is 0.311 e. The number of pyridine rings is 2. The number of para-hydroxylation sites is 8. The monoisotopic (exact) mass is 1620 g/mol. The van der Waals surface area contributed by atoms with Gasteiger partial charge in [-0.1, -0.05) is 352 Å². The van der Waals surface area contributed by atoms with Gasteiger partial charge in [-0.05, 0) is 184 Å². The Labute approximate surface area is 721 Å². The van der Waals surface area contributed by atoms with E-state index in [4.69, 9.17) is 9.97 Å². The third-order valence-corrected chi connectivity index (χ3v) is 37.4. The molecule has 5 aliphatic rings. The third-order valence-electron chi connectivity index (χ3n) is 26.5. The van der Waals surface area contributed by atoms with Crippen molar-refractivity contribution in [3.8, 4) is 11.1 Å². The number of rotatable bonds is 10. The molecule has 0 radical (unpaired) electrons.